The van der Waals surface area contributed by atoms with Gasteiger partial charge in [0.1, 0.15) is 5.75 Å². The van der Waals surface area contributed by atoms with Gasteiger partial charge >= 0.3 is 0 Å². The smallest absolute Gasteiger partial charge is 0.243 e. The molecule has 1 fully saturated rings. The Balaban J connectivity index is 1.52. The van der Waals surface area contributed by atoms with Gasteiger partial charge in [-0.15, -0.1) is 0 Å². The van der Waals surface area contributed by atoms with Crippen molar-refractivity contribution in [3.63, 3.8) is 0 Å². The average molecular weight is 401 g/mol. The maximum Gasteiger partial charge on any atom is 0.243 e. The zero-order chi connectivity index (χ0) is 19.8. The summed E-state index contributed by atoms with van der Waals surface area (Å²) in [5.41, 5.74) is 0.522. The quantitative estimate of drug-likeness (QED) is 0.674. The molecule has 28 heavy (non-hydrogen) atoms. The molecule has 0 aromatic heterocycles. The minimum Gasteiger partial charge on any atom is -0.454 e. The number of carbonyl (C=O) groups excluding carboxylic acids is 2. The van der Waals surface area contributed by atoms with Crippen LogP contribution in [0.1, 0.15) is 38.5 Å². The van der Waals surface area contributed by atoms with Crippen LogP contribution >= 0.6 is 11.6 Å². The van der Waals surface area contributed by atoms with Crippen molar-refractivity contribution in [2.45, 2.75) is 38.5 Å². The summed E-state index contributed by atoms with van der Waals surface area (Å²) in [6, 6.07) is 14.2. The molecule has 3 rings (SSSR count). The second-order valence-electron chi connectivity index (χ2n) is 7.06. The molecule has 0 saturated heterocycles. The van der Waals surface area contributed by atoms with E-state index in [4.69, 9.17) is 16.3 Å². The van der Waals surface area contributed by atoms with Crippen LogP contribution in [0.3, 0.4) is 0 Å². The van der Waals surface area contributed by atoms with E-state index in [1.54, 1.807) is 30.3 Å². The van der Waals surface area contributed by atoms with E-state index in [0.29, 0.717) is 34.5 Å². The highest BCUT2D eigenvalue weighted by atomic mass is 35.5. The second kappa shape index (κ2) is 10.1. The van der Waals surface area contributed by atoms with E-state index in [-0.39, 0.29) is 18.4 Å². The highest BCUT2D eigenvalue weighted by Crippen LogP contribution is 2.33. The van der Waals surface area contributed by atoms with E-state index in [2.05, 4.69) is 10.6 Å². The van der Waals surface area contributed by atoms with E-state index in [1.807, 2.05) is 18.2 Å². The number of hydrogen-bond acceptors (Lipinski definition) is 3. The summed E-state index contributed by atoms with van der Waals surface area (Å²) in [6.45, 7) is -0.0635. The first kappa shape index (κ1) is 20.2. The molecule has 6 heteroatoms. The molecule has 0 bridgehead atoms. The molecule has 0 heterocycles. The van der Waals surface area contributed by atoms with Crippen molar-refractivity contribution in [3.05, 3.63) is 53.6 Å². The van der Waals surface area contributed by atoms with Crippen molar-refractivity contribution in [2.24, 2.45) is 5.92 Å². The zero-order valence-electron chi connectivity index (χ0n) is 15.7. The number of rotatable bonds is 7. The molecule has 0 unspecified atom stereocenters. The van der Waals surface area contributed by atoms with Gasteiger partial charge in [-0.1, -0.05) is 55.1 Å². The summed E-state index contributed by atoms with van der Waals surface area (Å²) in [7, 11) is 0. The van der Waals surface area contributed by atoms with Gasteiger partial charge in [-0.2, -0.15) is 0 Å². The Morgan fingerprint density at radius 1 is 0.929 bits per heavy atom. The van der Waals surface area contributed by atoms with Crippen LogP contribution in [0.2, 0.25) is 5.02 Å². The lowest BCUT2D eigenvalue weighted by atomic mass is 9.87. The lowest BCUT2D eigenvalue weighted by Gasteiger charge is -2.20. The molecule has 0 spiro atoms. The first-order valence-electron chi connectivity index (χ1n) is 9.70. The van der Waals surface area contributed by atoms with Gasteiger partial charge in [0.05, 0.1) is 17.3 Å². The molecule has 0 radical (unpaired) electrons. The molecular weight excluding hydrogens is 376 g/mol. The Kier molecular flexibility index (Phi) is 7.31. The molecule has 2 aromatic carbocycles. The van der Waals surface area contributed by atoms with Gasteiger partial charge in [0.15, 0.2) is 5.75 Å². The number of anilines is 1. The maximum absolute atomic E-state index is 12.3. The highest BCUT2D eigenvalue weighted by Gasteiger charge is 2.17. The second-order valence-corrected chi connectivity index (χ2v) is 7.47. The Morgan fingerprint density at radius 3 is 2.36 bits per heavy atom. The van der Waals surface area contributed by atoms with Gasteiger partial charge in [-0.25, -0.2) is 0 Å². The Bertz CT molecular complexity index is 819. The van der Waals surface area contributed by atoms with E-state index < -0.39 is 0 Å². The summed E-state index contributed by atoms with van der Waals surface area (Å²) < 4.78 is 5.83. The average Bonchev–Trinajstić information content (AvgIpc) is 2.70. The Morgan fingerprint density at radius 2 is 1.61 bits per heavy atom. The van der Waals surface area contributed by atoms with E-state index in [1.165, 1.54) is 19.3 Å². The third kappa shape index (κ3) is 5.99. The molecule has 5 nitrogen and oxygen atoms in total. The number of halogens is 1. The van der Waals surface area contributed by atoms with Gasteiger partial charge in [-0.05, 0) is 43.0 Å². The molecule has 2 amide bonds. The van der Waals surface area contributed by atoms with Gasteiger partial charge in [-0.3, -0.25) is 9.59 Å². The van der Waals surface area contributed by atoms with Crippen molar-refractivity contribution in [3.8, 4) is 11.5 Å². The predicted molar refractivity (Wildman–Crippen MR) is 111 cm³/mol. The van der Waals surface area contributed by atoms with Crippen LogP contribution in [0.25, 0.3) is 0 Å². The number of benzene rings is 2. The number of ether oxygens (including phenoxy) is 1. The van der Waals surface area contributed by atoms with Gasteiger partial charge in [0.25, 0.3) is 0 Å². The summed E-state index contributed by atoms with van der Waals surface area (Å²) in [6.07, 6.45) is 6.36. The van der Waals surface area contributed by atoms with Crippen LogP contribution in [0.4, 0.5) is 5.69 Å². The lowest BCUT2D eigenvalue weighted by Crippen LogP contribution is -2.34. The maximum atomic E-state index is 12.3. The minimum atomic E-state index is -0.299. The first-order valence-corrected chi connectivity index (χ1v) is 10.1. The van der Waals surface area contributed by atoms with Crippen molar-refractivity contribution in [1.29, 1.82) is 0 Å². The number of amides is 2. The van der Waals surface area contributed by atoms with E-state index in [0.717, 1.165) is 12.8 Å². The molecule has 0 aliphatic heterocycles. The van der Waals surface area contributed by atoms with Crippen molar-refractivity contribution in [2.75, 3.05) is 11.9 Å². The van der Waals surface area contributed by atoms with Gasteiger partial charge in [0.2, 0.25) is 11.8 Å². The number of nitrogens with one attached hydrogen (secondary N) is 2. The molecular formula is C22H25ClN2O3. The molecule has 1 saturated carbocycles. The molecule has 1 aliphatic carbocycles. The first-order chi connectivity index (χ1) is 13.6. The molecule has 2 N–H and O–H groups in total. The fraction of sp³-hybridized carbons (Fsp3) is 0.364. The Hall–Kier alpha value is -2.53. The standard InChI is InChI=1S/C22H25ClN2O3/c23-17-10-4-6-12-19(17)28-20-13-7-5-11-18(20)25-22(27)15-24-21(26)14-16-8-2-1-3-9-16/h4-7,10-13,16H,1-3,8-9,14-15H2,(H,24,26)(H,25,27). The normalized spacial score (nSPS) is 14.3. The largest absolute Gasteiger partial charge is 0.454 e. The third-order valence-corrected chi connectivity index (χ3v) is 5.17. The summed E-state index contributed by atoms with van der Waals surface area (Å²) >= 11 is 6.14. The van der Waals surface area contributed by atoms with Crippen LogP contribution in [0, 0.1) is 5.92 Å². The topological polar surface area (TPSA) is 67.4 Å². The highest BCUT2D eigenvalue weighted by molar-refractivity contribution is 6.32. The number of carbonyl (C=O) groups is 2. The van der Waals surface area contributed by atoms with E-state index in [9.17, 15) is 9.59 Å². The number of hydrogen-bond donors (Lipinski definition) is 2. The van der Waals surface area contributed by atoms with Crippen LogP contribution < -0.4 is 15.4 Å². The SMILES string of the molecule is O=C(CC1CCCCC1)NCC(=O)Nc1ccccc1Oc1ccccc1Cl. The summed E-state index contributed by atoms with van der Waals surface area (Å²) in [5.74, 6) is 1.07. The fourth-order valence-corrected chi connectivity index (χ4v) is 3.58. The minimum absolute atomic E-state index is 0.0635. The van der Waals surface area contributed by atoms with Crippen LogP contribution in [-0.4, -0.2) is 18.4 Å². The van der Waals surface area contributed by atoms with Gasteiger partial charge in [0, 0.05) is 6.42 Å². The third-order valence-electron chi connectivity index (χ3n) is 4.86. The lowest BCUT2D eigenvalue weighted by molar-refractivity contribution is -0.125. The predicted octanol–water partition coefficient (Wildman–Crippen LogP) is 5.16. The van der Waals surface area contributed by atoms with Crippen molar-refractivity contribution >= 4 is 29.1 Å². The molecule has 1 aliphatic rings. The van der Waals surface area contributed by atoms with Crippen LogP contribution in [0.5, 0.6) is 11.5 Å². The zero-order valence-corrected chi connectivity index (χ0v) is 16.5. The van der Waals surface area contributed by atoms with Crippen LogP contribution in [-0.2, 0) is 9.59 Å². The van der Waals surface area contributed by atoms with Crippen LogP contribution in [0.15, 0.2) is 48.5 Å². The molecule has 2 aromatic rings. The van der Waals surface area contributed by atoms with Gasteiger partial charge < -0.3 is 15.4 Å². The van der Waals surface area contributed by atoms with Crippen molar-refractivity contribution in [1.82, 2.24) is 5.32 Å². The van der Waals surface area contributed by atoms with E-state index >= 15 is 0 Å². The van der Waals surface area contributed by atoms with Crippen molar-refractivity contribution < 1.29 is 14.3 Å². The fourth-order valence-electron chi connectivity index (χ4n) is 3.40. The summed E-state index contributed by atoms with van der Waals surface area (Å²) in [5, 5.41) is 5.99. The number of para-hydroxylation sites is 3. The summed E-state index contributed by atoms with van der Waals surface area (Å²) in [4.78, 5) is 24.4. The molecule has 0 atom stereocenters. The monoisotopic (exact) mass is 400 g/mol. The Labute approximate surface area is 170 Å². The molecule has 148 valence electrons.